The lowest BCUT2D eigenvalue weighted by molar-refractivity contribution is -0.119. The highest BCUT2D eigenvalue weighted by Gasteiger charge is 2.06. The van der Waals surface area contributed by atoms with Gasteiger partial charge in [-0.2, -0.15) is 5.10 Å². The quantitative estimate of drug-likeness (QED) is 0.494. The maximum Gasteiger partial charge on any atom is 0.259 e. The summed E-state index contributed by atoms with van der Waals surface area (Å²) in [6.45, 7) is 1.83. The van der Waals surface area contributed by atoms with Gasteiger partial charge in [0.25, 0.3) is 5.91 Å². The summed E-state index contributed by atoms with van der Waals surface area (Å²) in [5.74, 6) is -0.130. The van der Waals surface area contributed by atoms with Crippen molar-refractivity contribution >= 4 is 28.1 Å². The van der Waals surface area contributed by atoms with Crippen LogP contribution in [0.3, 0.4) is 0 Å². The van der Waals surface area contributed by atoms with E-state index >= 15 is 0 Å². The molecular formula is C20H19N3O2. The number of nitrogens with one attached hydrogen (secondary N) is 2. The fourth-order valence-corrected chi connectivity index (χ4v) is 2.58. The van der Waals surface area contributed by atoms with Crippen molar-refractivity contribution in [3.05, 3.63) is 72.3 Å². The standard InChI is InChI=1S/C20H19N3O2/c1-14(16-9-4-5-12-19(16)24)22-23-20(25)13-21-18-11-6-8-15-7-2-3-10-17(15)18/h2-12,21,24H,13H2,1H3,(H,23,25). The first kappa shape index (κ1) is 16.5. The molecule has 0 aliphatic rings. The minimum absolute atomic E-state index is 0.103. The average molecular weight is 333 g/mol. The monoisotopic (exact) mass is 333 g/mol. The van der Waals surface area contributed by atoms with E-state index in [4.69, 9.17) is 0 Å². The summed E-state index contributed by atoms with van der Waals surface area (Å²) in [6, 6.07) is 20.8. The molecule has 0 fully saturated rings. The number of nitrogens with zero attached hydrogens (tertiary/aromatic N) is 1. The third-order valence-corrected chi connectivity index (χ3v) is 3.87. The summed E-state index contributed by atoms with van der Waals surface area (Å²) in [5.41, 5.74) is 4.53. The van der Waals surface area contributed by atoms with Crippen LogP contribution in [0.5, 0.6) is 5.75 Å². The SMILES string of the molecule is CC(=NNC(=O)CNc1cccc2ccccc12)c1ccccc1O. The van der Waals surface area contributed by atoms with Crippen LogP contribution in [-0.4, -0.2) is 23.3 Å². The number of hydrogen-bond donors (Lipinski definition) is 3. The molecule has 126 valence electrons. The van der Waals surface area contributed by atoms with Crippen molar-refractivity contribution in [1.29, 1.82) is 0 Å². The Morgan fingerprint density at radius 1 is 1.00 bits per heavy atom. The van der Waals surface area contributed by atoms with Crippen LogP contribution in [0, 0.1) is 0 Å². The zero-order chi connectivity index (χ0) is 17.6. The second-order valence-corrected chi connectivity index (χ2v) is 5.63. The number of anilines is 1. The van der Waals surface area contributed by atoms with E-state index in [0.717, 1.165) is 16.5 Å². The van der Waals surface area contributed by atoms with Gasteiger partial charge in [0.1, 0.15) is 5.75 Å². The van der Waals surface area contributed by atoms with Crippen LogP contribution < -0.4 is 10.7 Å². The Balaban J connectivity index is 1.63. The molecule has 0 aliphatic carbocycles. The van der Waals surface area contributed by atoms with Gasteiger partial charge in [-0.1, -0.05) is 48.5 Å². The Kier molecular flexibility index (Phi) is 4.95. The highest BCUT2D eigenvalue weighted by atomic mass is 16.3. The Hall–Kier alpha value is -3.34. The molecule has 0 saturated heterocycles. The van der Waals surface area contributed by atoms with Gasteiger partial charge in [-0.05, 0) is 30.5 Å². The molecule has 0 aliphatic heterocycles. The molecule has 0 bridgehead atoms. The Morgan fingerprint density at radius 2 is 1.72 bits per heavy atom. The largest absolute Gasteiger partial charge is 0.507 e. The number of rotatable bonds is 5. The third kappa shape index (κ3) is 3.95. The van der Waals surface area contributed by atoms with Gasteiger partial charge in [0.15, 0.2) is 0 Å². The smallest absolute Gasteiger partial charge is 0.259 e. The molecule has 0 spiro atoms. The number of phenols is 1. The number of carbonyl (C=O) groups excluding carboxylic acids is 1. The minimum atomic E-state index is -0.261. The molecule has 0 aromatic heterocycles. The maximum absolute atomic E-state index is 12.0. The van der Waals surface area contributed by atoms with E-state index in [9.17, 15) is 9.90 Å². The number of phenolic OH excluding ortho intramolecular Hbond substituents is 1. The van der Waals surface area contributed by atoms with Gasteiger partial charge < -0.3 is 10.4 Å². The van der Waals surface area contributed by atoms with Crippen molar-refractivity contribution in [3.8, 4) is 5.75 Å². The van der Waals surface area contributed by atoms with Crippen molar-refractivity contribution in [3.63, 3.8) is 0 Å². The summed E-state index contributed by atoms with van der Waals surface area (Å²) < 4.78 is 0. The molecule has 5 heteroatoms. The maximum atomic E-state index is 12.0. The van der Waals surface area contributed by atoms with Crippen LogP contribution in [0.15, 0.2) is 71.8 Å². The molecule has 0 atom stereocenters. The van der Waals surface area contributed by atoms with E-state index < -0.39 is 0 Å². The lowest BCUT2D eigenvalue weighted by Gasteiger charge is -2.09. The fraction of sp³-hybridized carbons (Fsp3) is 0.100. The van der Waals surface area contributed by atoms with Crippen molar-refractivity contribution < 1.29 is 9.90 Å². The lowest BCUT2D eigenvalue weighted by Crippen LogP contribution is -2.26. The lowest BCUT2D eigenvalue weighted by atomic mass is 10.1. The first-order valence-electron chi connectivity index (χ1n) is 7.98. The van der Waals surface area contributed by atoms with Crippen LogP contribution in [0.25, 0.3) is 10.8 Å². The number of benzene rings is 3. The molecule has 3 aromatic rings. The summed E-state index contributed by atoms with van der Waals surface area (Å²) in [7, 11) is 0. The molecule has 0 heterocycles. The molecule has 5 nitrogen and oxygen atoms in total. The normalized spacial score (nSPS) is 11.3. The van der Waals surface area contributed by atoms with E-state index in [1.165, 1.54) is 0 Å². The van der Waals surface area contributed by atoms with Gasteiger partial charge in [-0.25, -0.2) is 5.43 Å². The molecule has 1 amide bonds. The van der Waals surface area contributed by atoms with Gasteiger partial charge in [-0.3, -0.25) is 4.79 Å². The van der Waals surface area contributed by atoms with Gasteiger partial charge in [0.2, 0.25) is 0 Å². The van der Waals surface area contributed by atoms with E-state index in [0.29, 0.717) is 11.3 Å². The number of amides is 1. The number of para-hydroxylation sites is 1. The molecule has 0 unspecified atom stereocenters. The van der Waals surface area contributed by atoms with E-state index in [1.54, 1.807) is 31.2 Å². The predicted molar refractivity (Wildman–Crippen MR) is 101 cm³/mol. The van der Waals surface area contributed by atoms with Crippen molar-refractivity contribution in [2.24, 2.45) is 5.10 Å². The molecule has 3 rings (SSSR count). The molecule has 25 heavy (non-hydrogen) atoms. The summed E-state index contributed by atoms with van der Waals surface area (Å²) >= 11 is 0. The highest BCUT2D eigenvalue weighted by Crippen LogP contribution is 2.22. The van der Waals surface area contributed by atoms with Crippen molar-refractivity contribution in [1.82, 2.24) is 5.43 Å². The van der Waals surface area contributed by atoms with Crippen LogP contribution in [0.4, 0.5) is 5.69 Å². The Labute approximate surface area is 146 Å². The molecule has 3 aromatic carbocycles. The average Bonchev–Trinajstić information content (AvgIpc) is 2.64. The van der Waals surface area contributed by atoms with Gasteiger partial charge >= 0.3 is 0 Å². The first-order chi connectivity index (χ1) is 12.1. The van der Waals surface area contributed by atoms with Gasteiger partial charge in [0.05, 0.1) is 12.3 Å². The van der Waals surface area contributed by atoms with E-state index in [-0.39, 0.29) is 18.2 Å². The molecule has 3 N–H and O–H groups in total. The molecule has 0 saturated carbocycles. The topological polar surface area (TPSA) is 73.7 Å². The van der Waals surface area contributed by atoms with Gasteiger partial charge in [0, 0.05) is 16.6 Å². The van der Waals surface area contributed by atoms with Crippen LogP contribution in [0.2, 0.25) is 0 Å². The van der Waals surface area contributed by atoms with E-state index in [2.05, 4.69) is 15.8 Å². The number of hydrogen-bond acceptors (Lipinski definition) is 4. The molecule has 0 radical (unpaired) electrons. The van der Waals surface area contributed by atoms with Crippen LogP contribution in [-0.2, 0) is 4.79 Å². The van der Waals surface area contributed by atoms with Gasteiger partial charge in [-0.15, -0.1) is 0 Å². The number of aromatic hydroxyl groups is 1. The van der Waals surface area contributed by atoms with Crippen LogP contribution >= 0.6 is 0 Å². The Bertz CT molecular complexity index is 930. The number of carbonyl (C=O) groups is 1. The van der Waals surface area contributed by atoms with Crippen molar-refractivity contribution in [2.45, 2.75) is 6.92 Å². The summed E-state index contributed by atoms with van der Waals surface area (Å²) in [4.78, 5) is 12.0. The predicted octanol–water partition coefficient (Wildman–Crippen LogP) is 3.50. The second kappa shape index (κ2) is 7.49. The van der Waals surface area contributed by atoms with E-state index in [1.807, 2.05) is 42.5 Å². The first-order valence-corrected chi connectivity index (χ1v) is 7.98. The highest BCUT2D eigenvalue weighted by molar-refractivity contribution is 6.01. The second-order valence-electron chi connectivity index (χ2n) is 5.63. The minimum Gasteiger partial charge on any atom is -0.507 e. The van der Waals surface area contributed by atoms with Crippen molar-refractivity contribution in [2.75, 3.05) is 11.9 Å². The zero-order valence-corrected chi connectivity index (χ0v) is 13.9. The van der Waals surface area contributed by atoms with Crippen LogP contribution in [0.1, 0.15) is 12.5 Å². The third-order valence-electron chi connectivity index (χ3n) is 3.87. The fourth-order valence-electron chi connectivity index (χ4n) is 2.58. The summed E-state index contributed by atoms with van der Waals surface area (Å²) in [5, 5.41) is 19.1. The summed E-state index contributed by atoms with van der Waals surface area (Å²) in [6.07, 6.45) is 0. The zero-order valence-electron chi connectivity index (χ0n) is 13.9. The Morgan fingerprint density at radius 3 is 2.56 bits per heavy atom. The number of fused-ring (bicyclic) bond motifs is 1. The molecular weight excluding hydrogens is 314 g/mol. The number of hydrazone groups is 1.